The molecule has 6 heteroatoms. The number of nitrogens with two attached hydrogens (primary N) is 1. The highest BCUT2D eigenvalue weighted by atomic mass is 16.5. The normalized spacial score (nSPS) is 19.0. The van der Waals surface area contributed by atoms with Crippen LogP contribution in [-0.2, 0) is 11.3 Å². The van der Waals surface area contributed by atoms with Crippen LogP contribution in [0.1, 0.15) is 66.2 Å². The number of methoxy groups -OCH3 is 1. The highest BCUT2D eigenvalue weighted by molar-refractivity contribution is 5.90. The largest absolute Gasteiger partial charge is 0.465 e. The minimum atomic E-state index is -0.316. The van der Waals surface area contributed by atoms with Crippen molar-refractivity contribution in [3.05, 3.63) is 29.1 Å². The molecule has 24 heavy (non-hydrogen) atoms. The lowest BCUT2D eigenvalue weighted by Gasteiger charge is -2.21. The van der Waals surface area contributed by atoms with Gasteiger partial charge in [0.2, 0.25) is 0 Å². The zero-order valence-corrected chi connectivity index (χ0v) is 14.3. The van der Waals surface area contributed by atoms with Crippen LogP contribution in [-0.4, -0.2) is 42.0 Å². The van der Waals surface area contributed by atoms with E-state index in [0.29, 0.717) is 24.0 Å². The van der Waals surface area contributed by atoms with E-state index in [4.69, 9.17) is 10.5 Å². The molecule has 2 heterocycles. The van der Waals surface area contributed by atoms with E-state index < -0.39 is 0 Å². The lowest BCUT2D eigenvalue weighted by Crippen LogP contribution is -2.38. The van der Waals surface area contributed by atoms with Gasteiger partial charge in [-0.25, -0.2) is 9.79 Å². The number of esters is 1. The molecule has 0 aromatic carbocycles. The summed E-state index contributed by atoms with van der Waals surface area (Å²) < 4.78 is 4.85. The van der Waals surface area contributed by atoms with Gasteiger partial charge in [-0.2, -0.15) is 0 Å². The molecule has 2 N–H and O–H groups in total. The Morgan fingerprint density at radius 2 is 2.00 bits per heavy atom. The summed E-state index contributed by atoms with van der Waals surface area (Å²) in [6.07, 6.45) is 7.05. The third-order valence-corrected chi connectivity index (χ3v) is 4.68. The molecule has 1 saturated carbocycles. The summed E-state index contributed by atoms with van der Waals surface area (Å²) in [7, 11) is 1.40. The average Bonchev–Trinajstić information content (AvgIpc) is 3.45. The molecule has 0 spiro atoms. The minimum absolute atomic E-state index is 0.316. The number of guanidine groups is 1. The van der Waals surface area contributed by atoms with Gasteiger partial charge < -0.3 is 15.4 Å². The van der Waals surface area contributed by atoms with Gasteiger partial charge in [-0.1, -0.05) is 12.8 Å². The number of ether oxygens (including phenoxy) is 1. The van der Waals surface area contributed by atoms with Crippen molar-refractivity contribution in [2.24, 2.45) is 10.7 Å². The third-order valence-electron chi connectivity index (χ3n) is 4.68. The molecule has 2 aliphatic rings. The van der Waals surface area contributed by atoms with Crippen molar-refractivity contribution in [1.82, 2.24) is 9.88 Å². The van der Waals surface area contributed by atoms with Gasteiger partial charge in [-0.3, -0.25) is 4.98 Å². The van der Waals surface area contributed by atoms with Gasteiger partial charge in [0.15, 0.2) is 5.96 Å². The lowest BCUT2D eigenvalue weighted by atomic mass is 10.1. The van der Waals surface area contributed by atoms with Crippen molar-refractivity contribution >= 4 is 11.9 Å². The monoisotopic (exact) mass is 330 g/mol. The first-order chi connectivity index (χ1) is 11.7. The van der Waals surface area contributed by atoms with Crippen LogP contribution in [0.5, 0.6) is 0 Å². The first-order valence-corrected chi connectivity index (χ1v) is 8.82. The van der Waals surface area contributed by atoms with Crippen LogP contribution < -0.4 is 5.73 Å². The van der Waals surface area contributed by atoms with Crippen LogP contribution in [0.2, 0.25) is 0 Å². The van der Waals surface area contributed by atoms with Gasteiger partial charge in [-0.15, -0.1) is 0 Å². The number of hydrogen-bond donors (Lipinski definition) is 1. The van der Waals surface area contributed by atoms with Crippen molar-refractivity contribution in [3.63, 3.8) is 0 Å². The Morgan fingerprint density at radius 1 is 1.29 bits per heavy atom. The second kappa shape index (κ2) is 7.64. The van der Waals surface area contributed by atoms with E-state index in [1.807, 2.05) is 6.07 Å². The van der Waals surface area contributed by atoms with Gasteiger partial charge in [0.05, 0.1) is 30.6 Å². The van der Waals surface area contributed by atoms with E-state index in [1.54, 1.807) is 6.07 Å². The predicted octanol–water partition coefficient (Wildman–Crippen LogP) is 2.44. The number of aromatic nitrogens is 1. The Bertz CT molecular complexity index is 617. The van der Waals surface area contributed by atoms with Crippen LogP contribution in [0.3, 0.4) is 0 Å². The van der Waals surface area contributed by atoms with Gasteiger partial charge in [0.25, 0.3) is 0 Å². The van der Waals surface area contributed by atoms with Gasteiger partial charge in [-0.05, 0) is 37.8 Å². The molecule has 1 aromatic heterocycles. The van der Waals surface area contributed by atoms with Crippen molar-refractivity contribution in [1.29, 1.82) is 0 Å². The number of aliphatic imine (C=N–C) groups is 1. The van der Waals surface area contributed by atoms with E-state index in [2.05, 4.69) is 14.9 Å². The summed E-state index contributed by atoms with van der Waals surface area (Å²) >= 11 is 0. The molecule has 3 rings (SSSR count). The number of pyridine rings is 1. The molecule has 130 valence electrons. The van der Waals surface area contributed by atoms with Crippen LogP contribution >= 0.6 is 0 Å². The van der Waals surface area contributed by atoms with Gasteiger partial charge in [0.1, 0.15) is 0 Å². The fraction of sp³-hybridized carbons (Fsp3) is 0.611. The summed E-state index contributed by atoms with van der Waals surface area (Å²) in [6.45, 7) is 2.41. The molecule has 0 unspecified atom stereocenters. The van der Waals surface area contributed by atoms with Crippen molar-refractivity contribution in [2.45, 2.75) is 51.0 Å². The zero-order chi connectivity index (χ0) is 16.9. The Kier molecular flexibility index (Phi) is 5.33. The van der Waals surface area contributed by atoms with E-state index in [1.165, 1.54) is 32.8 Å². The Hall–Kier alpha value is -2.11. The summed E-state index contributed by atoms with van der Waals surface area (Å²) in [5.41, 5.74) is 8.43. The minimum Gasteiger partial charge on any atom is -0.465 e. The maximum absolute atomic E-state index is 11.9. The number of likely N-dealkylation sites (tertiary alicyclic amines) is 1. The highest BCUT2D eigenvalue weighted by Crippen LogP contribution is 2.40. The fourth-order valence-electron chi connectivity index (χ4n) is 3.12. The summed E-state index contributed by atoms with van der Waals surface area (Å²) in [4.78, 5) is 23.2. The van der Waals surface area contributed by atoms with Gasteiger partial charge in [0, 0.05) is 19.0 Å². The second-order valence-corrected chi connectivity index (χ2v) is 6.58. The molecule has 0 bridgehead atoms. The van der Waals surface area contributed by atoms with E-state index in [-0.39, 0.29) is 5.97 Å². The molecule has 0 radical (unpaired) electrons. The summed E-state index contributed by atoms with van der Waals surface area (Å²) in [6, 6.07) is 3.65. The second-order valence-electron chi connectivity index (χ2n) is 6.58. The van der Waals surface area contributed by atoms with Crippen LogP contribution in [0.15, 0.2) is 17.1 Å². The lowest BCUT2D eigenvalue weighted by molar-refractivity contribution is 0.0598. The Morgan fingerprint density at radius 3 is 2.62 bits per heavy atom. The highest BCUT2D eigenvalue weighted by Gasteiger charge is 2.30. The number of hydrogen-bond acceptors (Lipinski definition) is 4. The average molecular weight is 330 g/mol. The van der Waals surface area contributed by atoms with Crippen molar-refractivity contribution in [3.8, 4) is 0 Å². The molecule has 1 aromatic rings. The quantitative estimate of drug-likeness (QED) is 0.521. The molecule has 2 fully saturated rings. The van der Waals surface area contributed by atoms with Crippen molar-refractivity contribution < 1.29 is 9.53 Å². The van der Waals surface area contributed by atoms with E-state index in [9.17, 15) is 4.79 Å². The molecule has 1 saturated heterocycles. The van der Waals surface area contributed by atoms with E-state index >= 15 is 0 Å². The predicted molar refractivity (Wildman–Crippen MR) is 92.9 cm³/mol. The number of nitrogens with zero attached hydrogens (tertiary/aromatic N) is 3. The number of rotatable bonds is 4. The maximum atomic E-state index is 11.9. The molecule has 1 aliphatic carbocycles. The molecule has 1 aliphatic heterocycles. The molecular weight excluding hydrogens is 304 g/mol. The molecular formula is C18H26N4O2. The van der Waals surface area contributed by atoms with Gasteiger partial charge >= 0.3 is 5.97 Å². The number of carbonyl (C=O) groups is 1. The fourth-order valence-corrected chi connectivity index (χ4v) is 3.12. The Labute approximate surface area is 143 Å². The zero-order valence-electron chi connectivity index (χ0n) is 14.3. The topological polar surface area (TPSA) is 80.8 Å². The molecule has 0 amide bonds. The summed E-state index contributed by atoms with van der Waals surface area (Å²) in [5.74, 6) is 0.665. The van der Waals surface area contributed by atoms with Crippen LogP contribution in [0.4, 0.5) is 0 Å². The summed E-state index contributed by atoms with van der Waals surface area (Å²) in [5, 5.41) is 0. The number of carbonyl (C=O) groups excluding carboxylic acids is 1. The van der Waals surface area contributed by atoms with E-state index in [0.717, 1.165) is 37.3 Å². The first kappa shape index (κ1) is 16.7. The Balaban J connectivity index is 1.71. The SMILES string of the molecule is COC(=O)c1ccc(CN=C(N)N2CCCCCC2)nc1C1CC1. The maximum Gasteiger partial charge on any atom is 0.339 e. The first-order valence-electron chi connectivity index (χ1n) is 8.82. The third kappa shape index (κ3) is 4.04. The molecule has 0 atom stereocenters. The van der Waals surface area contributed by atoms with Crippen LogP contribution in [0, 0.1) is 0 Å². The standard InChI is InChI=1S/C18H26N4O2/c1-24-17(23)15-9-8-14(21-16(15)13-6-7-13)12-20-18(19)22-10-4-2-3-5-11-22/h8-9,13H,2-7,10-12H2,1H3,(H2,19,20). The van der Waals surface area contributed by atoms with Crippen molar-refractivity contribution in [2.75, 3.05) is 20.2 Å². The molecule has 6 nitrogen and oxygen atoms in total. The smallest absolute Gasteiger partial charge is 0.339 e. The van der Waals surface area contributed by atoms with Crippen LogP contribution in [0.25, 0.3) is 0 Å².